The fourth-order valence-corrected chi connectivity index (χ4v) is 3.17. The quantitative estimate of drug-likeness (QED) is 0.619. The van der Waals surface area contributed by atoms with Crippen molar-refractivity contribution in [2.24, 2.45) is 0 Å². The van der Waals surface area contributed by atoms with Crippen LogP contribution in [-0.2, 0) is 12.2 Å². The number of hydrogen-bond donors (Lipinski definition) is 0. The van der Waals surface area contributed by atoms with Crippen LogP contribution in [0.3, 0.4) is 0 Å². The lowest BCUT2D eigenvalue weighted by Crippen LogP contribution is -2.15. The maximum Gasteiger partial charge on any atom is 0.195 e. The van der Waals surface area contributed by atoms with Gasteiger partial charge in [-0.25, -0.2) is 0 Å². The summed E-state index contributed by atoms with van der Waals surface area (Å²) in [7, 11) is 4.19. The predicted molar refractivity (Wildman–Crippen MR) is 97.4 cm³/mol. The van der Waals surface area contributed by atoms with Crippen LogP contribution >= 0.6 is 11.8 Å². The Balaban J connectivity index is 1.68. The average Bonchev–Trinajstić information content (AvgIpc) is 3.08. The fraction of sp³-hybridized carbons (Fsp3) is 0.278. The van der Waals surface area contributed by atoms with Gasteiger partial charge in [0, 0.05) is 30.4 Å². The number of pyridine rings is 1. The van der Waals surface area contributed by atoms with E-state index in [2.05, 4.69) is 64.5 Å². The molecule has 0 amide bonds. The van der Waals surface area contributed by atoms with Gasteiger partial charge in [-0.05, 0) is 49.8 Å². The summed E-state index contributed by atoms with van der Waals surface area (Å²) in [6.07, 6.45) is 6.49. The van der Waals surface area contributed by atoms with Crippen molar-refractivity contribution in [3.05, 3.63) is 66.2 Å². The van der Waals surface area contributed by atoms with E-state index in [-0.39, 0.29) is 0 Å². The topological polar surface area (TPSA) is 46.8 Å². The maximum absolute atomic E-state index is 4.24. The Morgan fingerprint density at radius 2 is 1.92 bits per heavy atom. The highest BCUT2D eigenvalue weighted by atomic mass is 32.2. The van der Waals surface area contributed by atoms with Gasteiger partial charge in [0.1, 0.15) is 6.33 Å². The number of rotatable bonds is 7. The number of thioether (sulfide) groups is 1. The molecule has 1 aromatic carbocycles. The first-order chi connectivity index (χ1) is 11.7. The van der Waals surface area contributed by atoms with Crippen molar-refractivity contribution in [1.82, 2.24) is 24.6 Å². The van der Waals surface area contributed by atoms with Crippen LogP contribution in [0.25, 0.3) is 5.69 Å². The molecule has 3 rings (SSSR count). The molecule has 6 heteroatoms. The first-order valence-corrected chi connectivity index (χ1v) is 8.87. The molecule has 2 heterocycles. The molecule has 5 nitrogen and oxygen atoms in total. The Morgan fingerprint density at radius 3 is 2.62 bits per heavy atom. The van der Waals surface area contributed by atoms with Gasteiger partial charge in [-0.15, -0.1) is 10.2 Å². The normalized spacial score (nSPS) is 11.1. The molecule has 0 saturated carbocycles. The summed E-state index contributed by atoms with van der Waals surface area (Å²) in [6.45, 7) is 1.05. The van der Waals surface area contributed by atoms with Gasteiger partial charge >= 0.3 is 0 Å². The first-order valence-electron chi connectivity index (χ1n) is 7.88. The van der Waals surface area contributed by atoms with Gasteiger partial charge in [-0.1, -0.05) is 30.0 Å². The van der Waals surface area contributed by atoms with Crippen molar-refractivity contribution < 1.29 is 0 Å². The number of benzene rings is 1. The Bertz CT molecular complexity index is 753. The lowest BCUT2D eigenvalue weighted by molar-refractivity contribution is 0.413. The second-order valence-electron chi connectivity index (χ2n) is 5.85. The zero-order chi connectivity index (χ0) is 16.8. The Labute approximate surface area is 146 Å². The van der Waals surface area contributed by atoms with Crippen molar-refractivity contribution in [3.63, 3.8) is 0 Å². The molecule has 0 spiro atoms. The summed E-state index contributed by atoms with van der Waals surface area (Å²) in [5, 5.41) is 9.19. The highest BCUT2D eigenvalue weighted by Crippen LogP contribution is 2.23. The monoisotopic (exact) mass is 339 g/mol. The van der Waals surface area contributed by atoms with Crippen LogP contribution in [0.4, 0.5) is 0 Å². The maximum atomic E-state index is 4.24. The average molecular weight is 339 g/mol. The molecular weight excluding hydrogens is 318 g/mol. The third-order valence-electron chi connectivity index (χ3n) is 3.67. The van der Waals surface area contributed by atoms with Crippen LogP contribution in [0, 0.1) is 0 Å². The molecule has 0 aliphatic rings. The van der Waals surface area contributed by atoms with Crippen LogP contribution in [0.1, 0.15) is 11.1 Å². The molecule has 0 aliphatic heterocycles. The van der Waals surface area contributed by atoms with Gasteiger partial charge in [0.25, 0.3) is 0 Å². The van der Waals surface area contributed by atoms with E-state index in [0.717, 1.165) is 29.6 Å². The van der Waals surface area contributed by atoms with Gasteiger partial charge in [0.15, 0.2) is 5.16 Å². The van der Waals surface area contributed by atoms with Gasteiger partial charge in [0.05, 0.1) is 0 Å². The van der Waals surface area contributed by atoms with Crippen molar-refractivity contribution in [2.75, 3.05) is 20.6 Å². The van der Waals surface area contributed by atoms with Crippen molar-refractivity contribution in [1.29, 1.82) is 0 Å². The Kier molecular flexibility index (Phi) is 5.61. The Morgan fingerprint density at radius 1 is 1.08 bits per heavy atom. The Hall–Kier alpha value is -2.18. The van der Waals surface area contributed by atoms with Crippen LogP contribution < -0.4 is 0 Å². The molecule has 0 atom stereocenters. The van der Waals surface area contributed by atoms with Crippen LogP contribution in [0.2, 0.25) is 0 Å². The third kappa shape index (κ3) is 4.43. The van der Waals surface area contributed by atoms with E-state index < -0.39 is 0 Å². The molecule has 0 unspecified atom stereocenters. The lowest BCUT2D eigenvalue weighted by atomic mass is 10.1. The minimum absolute atomic E-state index is 0.827. The number of aromatic nitrogens is 4. The zero-order valence-electron chi connectivity index (χ0n) is 14.0. The van der Waals surface area contributed by atoms with E-state index in [1.165, 1.54) is 11.1 Å². The predicted octanol–water partition coefficient (Wildman–Crippen LogP) is 3.06. The summed E-state index contributed by atoms with van der Waals surface area (Å²) in [4.78, 5) is 6.34. The molecule has 2 aromatic heterocycles. The van der Waals surface area contributed by atoms with Gasteiger partial charge in [0.2, 0.25) is 0 Å². The zero-order valence-corrected chi connectivity index (χ0v) is 14.8. The smallest absolute Gasteiger partial charge is 0.195 e. The minimum Gasteiger partial charge on any atom is -0.309 e. The number of likely N-dealkylation sites (N-methyl/N-ethyl adjacent to an activating group) is 1. The third-order valence-corrected chi connectivity index (χ3v) is 4.68. The van der Waals surface area contributed by atoms with Gasteiger partial charge in [-0.2, -0.15) is 0 Å². The first kappa shape index (κ1) is 16.7. The summed E-state index contributed by atoms with van der Waals surface area (Å²) in [6, 6.07) is 12.6. The largest absolute Gasteiger partial charge is 0.309 e. The van der Waals surface area contributed by atoms with E-state index in [0.29, 0.717) is 0 Å². The highest BCUT2D eigenvalue weighted by molar-refractivity contribution is 7.98. The van der Waals surface area contributed by atoms with E-state index in [1.807, 2.05) is 16.8 Å². The lowest BCUT2D eigenvalue weighted by Gasteiger charge is -2.10. The standard InChI is InChI=1S/C18H21N5S/c1-22(2)11-9-15-5-7-17(8-6-15)23-14-20-21-18(23)24-13-16-4-3-10-19-12-16/h3-8,10,12,14H,9,11,13H2,1-2H3. The summed E-state index contributed by atoms with van der Waals surface area (Å²) in [5.74, 6) is 0.827. The van der Waals surface area contributed by atoms with Gasteiger partial charge < -0.3 is 4.90 Å². The van der Waals surface area contributed by atoms with Gasteiger partial charge in [-0.3, -0.25) is 9.55 Å². The van der Waals surface area contributed by atoms with Crippen LogP contribution in [0.15, 0.2) is 60.3 Å². The summed E-state index contributed by atoms with van der Waals surface area (Å²) < 4.78 is 2.02. The molecule has 124 valence electrons. The van der Waals surface area contributed by atoms with E-state index in [1.54, 1.807) is 24.3 Å². The molecule has 0 aliphatic carbocycles. The molecule has 0 N–H and O–H groups in total. The number of hydrogen-bond acceptors (Lipinski definition) is 5. The molecule has 3 aromatic rings. The summed E-state index contributed by atoms with van der Waals surface area (Å²) >= 11 is 1.66. The molecular formula is C18H21N5S. The fourth-order valence-electron chi connectivity index (χ4n) is 2.31. The molecule has 0 radical (unpaired) electrons. The van der Waals surface area contributed by atoms with Crippen molar-refractivity contribution >= 4 is 11.8 Å². The van der Waals surface area contributed by atoms with E-state index in [4.69, 9.17) is 0 Å². The minimum atomic E-state index is 0.827. The number of nitrogens with zero attached hydrogens (tertiary/aromatic N) is 5. The SMILES string of the molecule is CN(C)CCc1ccc(-n2cnnc2SCc2cccnc2)cc1. The van der Waals surface area contributed by atoms with Crippen LogP contribution in [0.5, 0.6) is 0 Å². The summed E-state index contributed by atoms with van der Waals surface area (Å²) in [5.41, 5.74) is 3.60. The van der Waals surface area contributed by atoms with Crippen molar-refractivity contribution in [3.8, 4) is 5.69 Å². The second kappa shape index (κ2) is 8.08. The second-order valence-corrected chi connectivity index (χ2v) is 6.80. The highest BCUT2D eigenvalue weighted by Gasteiger charge is 2.08. The van der Waals surface area contributed by atoms with E-state index in [9.17, 15) is 0 Å². The van der Waals surface area contributed by atoms with Crippen LogP contribution in [-0.4, -0.2) is 45.3 Å². The molecule has 24 heavy (non-hydrogen) atoms. The molecule has 0 saturated heterocycles. The van der Waals surface area contributed by atoms with Crippen molar-refractivity contribution in [2.45, 2.75) is 17.3 Å². The molecule has 0 fully saturated rings. The molecule has 0 bridgehead atoms. The van der Waals surface area contributed by atoms with E-state index >= 15 is 0 Å².